The summed E-state index contributed by atoms with van der Waals surface area (Å²) in [6, 6.07) is 15.6. The first-order valence-electron chi connectivity index (χ1n) is 5.96. The van der Waals surface area contributed by atoms with Crippen LogP contribution in [0.5, 0.6) is 5.75 Å². The highest BCUT2D eigenvalue weighted by molar-refractivity contribution is 6.13. The maximum atomic E-state index is 12.0. The number of benzene rings is 2. The van der Waals surface area contributed by atoms with Crippen LogP contribution in [0.1, 0.15) is 27.1 Å². The summed E-state index contributed by atoms with van der Waals surface area (Å²) in [5, 5.41) is 0. The van der Waals surface area contributed by atoms with E-state index in [0.29, 0.717) is 16.9 Å². The SMILES string of the molecule is COc1ccc(C(=O)CC(=O)c2ccccc2)cc1. The van der Waals surface area contributed by atoms with E-state index in [-0.39, 0.29) is 18.0 Å². The maximum Gasteiger partial charge on any atom is 0.170 e. The van der Waals surface area contributed by atoms with Crippen LogP contribution in [0.15, 0.2) is 54.6 Å². The Morgan fingerprint density at radius 2 is 1.37 bits per heavy atom. The minimum absolute atomic E-state index is 0.115. The molecule has 3 heteroatoms. The number of ketones is 2. The number of rotatable bonds is 5. The molecule has 96 valence electrons. The average molecular weight is 254 g/mol. The molecule has 0 spiro atoms. The molecular weight excluding hydrogens is 240 g/mol. The Morgan fingerprint density at radius 1 is 0.842 bits per heavy atom. The summed E-state index contributed by atoms with van der Waals surface area (Å²) in [7, 11) is 1.57. The van der Waals surface area contributed by atoms with Crippen LogP contribution in [0.2, 0.25) is 0 Å². The molecule has 0 saturated heterocycles. The molecule has 0 aliphatic rings. The van der Waals surface area contributed by atoms with Gasteiger partial charge in [-0.1, -0.05) is 30.3 Å². The summed E-state index contributed by atoms with van der Waals surface area (Å²) in [4.78, 5) is 23.9. The zero-order valence-electron chi connectivity index (χ0n) is 10.6. The molecular formula is C16H14O3. The van der Waals surface area contributed by atoms with E-state index >= 15 is 0 Å². The molecule has 0 radical (unpaired) electrons. The average Bonchev–Trinajstić information content (AvgIpc) is 2.48. The molecule has 3 nitrogen and oxygen atoms in total. The van der Waals surface area contributed by atoms with Gasteiger partial charge in [-0.2, -0.15) is 0 Å². The summed E-state index contributed by atoms with van der Waals surface area (Å²) in [6.07, 6.45) is -0.115. The lowest BCUT2D eigenvalue weighted by molar-refractivity contribution is 0.0894. The summed E-state index contributed by atoms with van der Waals surface area (Å²) >= 11 is 0. The molecule has 0 saturated carbocycles. The fraction of sp³-hybridized carbons (Fsp3) is 0.125. The van der Waals surface area contributed by atoms with Crippen molar-refractivity contribution in [3.05, 3.63) is 65.7 Å². The Morgan fingerprint density at radius 3 is 1.89 bits per heavy atom. The first-order valence-corrected chi connectivity index (χ1v) is 5.96. The Balaban J connectivity index is 2.06. The Bertz CT molecular complexity index is 571. The number of hydrogen-bond acceptors (Lipinski definition) is 3. The molecule has 2 rings (SSSR count). The van der Waals surface area contributed by atoms with Crippen LogP contribution in [-0.2, 0) is 0 Å². The fourth-order valence-electron chi connectivity index (χ4n) is 1.75. The highest BCUT2D eigenvalue weighted by Crippen LogP contribution is 2.14. The predicted molar refractivity (Wildman–Crippen MR) is 72.7 cm³/mol. The van der Waals surface area contributed by atoms with Gasteiger partial charge in [0.2, 0.25) is 0 Å². The van der Waals surface area contributed by atoms with Gasteiger partial charge in [0.05, 0.1) is 13.5 Å². The van der Waals surface area contributed by atoms with Crippen LogP contribution in [0, 0.1) is 0 Å². The Labute approximate surface area is 111 Å². The van der Waals surface area contributed by atoms with E-state index in [1.807, 2.05) is 6.07 Å². The van der Waals surface area contributed by atoms with Crippen LogP contribution < -0.4 is 4.74 Å². The molecule has 19 heavy (non-hydrogen) atoms. The van der Waals surface area contributed by atoms with Gasteiger partial charge in [0.15, 0.2) is 11.6 Å². The molecule has 0 aromatic heterocycles. The minimum atomic E-state index is -0.184. The molecule has 0 aliphatic heterocycles. The molecule has 2 aromatic carbocycles. The second-order valence-corrected chi connectivity index (χ2v) is 4.12. The lowest BCUT2D eigenvalue weighted by atomic mass is 10.0. The van der Waals surface area contributed by atoms with Gasteiger partial charge in [0, 0.05) is 11.1 Å². The van der Waals surface area contributed by atoms with E-state index in [1.54, 1.807) is 55.6 Å². The zero-order chi connectivity index (χ0) is 13.7. The fourth-order valence-corrected chi connectivity index (χ4v) is 1.75. The van der Waals surface area contributed by atoms with E-state index < -0.39 is 0 Å². The van der Waals surface area contributed by atoms with Gasteiger partial charge in [-0.25, -0.2) is 0 Å². The third kappa shape index (κ3) is 3.28. The lowest BCUT2D eigenvalue weighted by Crippen LogP contribution is -2.08. The molecule has 0 heterocycles. The van der Waals surface area contributed by atoms with Crippen LogP contribution in [0.4, 0.5) is 0 Å². The minimum Gasteiger partial charge on any atom is -0.497 e. The van der Waals surface area contributed by atoms with Gasteiger partial charge in [-0.15, -0.1) is 0 Å². The van der Waals surface area contributed by atoms with Crippen molar-refractivity contribution in [2.45, 2.75) is 6.42 Å². The van der Waals surface area contributed by atoms with Crippen molar-refractivity contribution >= 4 is 11.6 Å². The first kappa shape index (κ1) is 13.0. The molecule has 0 bridgehead atoms. The van der Waals surface area contributed by atoms with Crippen molar-refractivity contribution < 1.29 is 14.3 Å². The van der Waals surface area contributed by atoms with Crippen LogP contribution in [0.25, 0.3) is 0 Å². The second-order valence-electron chi connectivity index (χ2n) is 4.12. The van der Waals surface area contributed by atoms with E-state index in [4.69, 9.17) is 4.74 Å². The van der Waals surface area contributed by atoms with Crippen molar-refractivity contribution in [1.82, 2.24) is 0 Å². The van der Waals surface area contributed by atoms with Crippen molar-refractivity contribution in [2.75, 3.05) is 7.11 Å². The van der Waals surface area contributed by atoms with Crippen molar-refractivity contribution in [3.63, 3.8) is 0 Å². The quantitative estimate of drug-likeness (QED) is 0.608. The molecule has 0 fully saturated rings. The van der Waals surface area contributed by atoms with Gasteiger partial charge in [-0.3, -0.25) is 9.59 Å². The molecule has 2 aromatic rings. The summed E-state index contributed by atoms with van der Waals surface area (Å²) in [5.41, 5.74) is 1.08. The summed E-state index contributed by atoms with van der Waals surface area (Å²) in [5.74, 6) is 0.337. The largest absolute Gasteiger partial charge is 0.497 e. The third-order valence-electron chi connectivity index (χ3n) is 2.83. The lowest BCUT2D eigenvalue weighted by Gasteiger charge is -2.03. The van der Waals surface area contributed by atoms with E-state index in [0.717, 1.165) is 0 Å². The Kier molecular flexibility index (Phi) is 4.08. The maximum absolute atomic E-state index is 12.0. The van der Waals surface area contributed by atoms with Gasteiger partial charge < -0.3 is 4.74 Å². The topological polar surface area (TPSA) is 43.4 Å². The highest BCUT2D eigenvalue weighted by Gasteiger charge is 2.13. The zero-order valence-corrected chi connectivity index (χ0v) is 10.6. The predicted octanol–water partition coefficient (Wildman–Crippen LogP) is 3.15. The normalized spacial score (nSPS) is 9.95. The number of hydrogen-bond donors (Lipinski definition) is 0. The number of methoxy groups -OCH3 is 1. The van der Waals surface area contributed by atoms with Crippen molar-refractivity contribution in [3.8, 4) is 5.75 Å². The smallest absolute Gasteiger partial charge is 0.170 e. The monoisotopic (exact) mass is 254 g/mol. The molecule has 0 N–H and O–H groups in total. The molecule has 0 aliphatic carbocycles. The molecule has 0 atom stereocenters. The Hall–Kier alpha value is -2.42. The van der Waals surface area contributed by atoms with Gasteiger partial charge in [0.25, 0.3) is 0 Å². The molecule has 0 unspecified atom stereocenters. The number of ether oxygens (including phenoxy) is 1. The van der Waals surface area contributed by atoms with Gasteiger partial charge in [-0.05, 0) is 24.3 Å². The summed E-state index contributed by atoms with van der Waals surface area (Å²) < 4.78 is 5.02. The van der Waals surface area contributed by atoms with Crippen molar-refractivity contribution in [2.24, 2.45) is 0 Å². The van der Waals surface area contributed by atoms with Crippen LogP contribution in [-0.4, -0.2) is 18.7 Å². The van der Waals surface area contributed by atoms with Crippen LogP contribution >= 0.6 is 0 Å². The number of carbonyl (C=O) groups is 2. The van der Waals surface area contributed by atoms with Crippen molar-refractivity contribution in [1.29, 1.82) is 0 Å². The second kappa shape index (κ2) is 5.96. The number of Topliss-reactive ketones (excluding diaryl/α,β-unsaturated/α-hetero) is 2. The first-order chi connectivity index (χ1) is 9.20. The standard InChI is InChI=1S/C16H14O3/c1-19-14-9-7-13(8-10-14)16(18)11-15(17)12-5-3-2-4-6-12/h2-10H,11H2,1H3. The summed E-state index contributed by atoms with van der Waals surface area (Å²) in [6.45, 7) is 0. The van der Waals surface area contributed by atoms with Gasteiger partial charge in [0.1, 0.15) is 5.75 Å². The highest BCUT2D eigenvalue weighted by atomic mass is 16.5. The van der Waals surface area contributed by atoms with E-state index in [2.05, 4.69) is 0 Å². The number of carbonyl (C=O) groups excluding carboxylic acids is 2. The molecule has 0 amide bonds. The van der Waals surface area contributed by atoms with Gasteiger partial charge >= 0.3 is 0 Å². The van der Waals surface area contributed by atoms with Crippen LogP contribution in [0.3, 0.4) is 0 Å². The van der Waals surface area contributed by atoms with E-state index in [1.165, 1.54) is 0 Å². The third-order valence-corrected chi connectivity index (χ3v) is 2.83. The van der Waals surface area contributed by atoms with E-state index in [9.17, 15) is 9.59 Å².